The number of halogens is 1. The Morgan fingerprint density at radius 1 is 1.19 bits per heavy atom. The molecule has 1 N–H and O–H groups in total. The van der Waals surface area contributed by atoms with Gasteiger partial charge in [-0.25, -0.2) is 4.98 Å². The number of hydrogen-bond donors (Lipinski definition) is 1. The molecular formula is C17H13ClN4O4S. The van der Waals surface area contributed by atoms with Gasteiger partial charge in [0.05, 0.1) is 25.5 Å². The highest BCUT2D eigenvalue weighted by molar-refractivity contribution is 7.80. The molecular weight excluding hydrogens is 392 g/mol. The quantitative estimate of drug-likeness (QED) is 0.473. The maximum absolute atomic E-state index is 12.9. The highest BCUT2D eigenvalue weighted by Crippen LogP contribution is 2.25. The second-order valence-corrected chi connectivity index (χ2v) is 6.08. The number of methoxy groups -OCH3 is 2. The summed E-state index contributed by atoms with van der Waals surface area (Å²) in [6.07, 6.45) is 2.72. The minimum atomic E-state index is -0.631. The molecule has 0 aliphatic carbocycles. The van der Waals surface area contributed by atoms with Crippen molar-refractivity contribution in [1.29, 1.82) is 0 Å². The third kappa shape index (κ3) is 3.74. The van der Waals surface area contributed by atoms with Crippen molar-refractivity contribution in [2.75, 3.05) is 19.1 Å². The summed E-state index contributed by atoms with van der Waals surface area (Å²) in [5.74, 6) is -1.07. The van der Waals surface area contributed by atoms with Crippen molar-refractivity contribution in [1.82, 2.24) is 15.3 Å². The van der Waals surface area contributed by atoms with E-state index in [4.69, 9.17) is 33.3 Å². The molecule has 2 amide bonds. The topological polar surface area (TPSA) is 93.7 Å². The van der Waals surface area contributed by atoms with E-state index in [1.54, 1.807) is 24.3 Å². The van der Waals surface area contributed by atoms with Crippen LogP contribution in [0, 0.1) is 0 Å². The minimum Gasteiger partial charge on any atom is -0.480 e. The summed E-state index contributed by atoms with van der Waals surface area (Å²) in [5, 5.41) is 2.98. The van der Waals surface area contributed by atoms with Crippen LogP contribution in [-0.4, -0.2) is 41.1 Å². The van der Waals surface area contributed by atoms with Gasteiger partial charge in [-0.2, -0.15) is 4.98 Å². The molecule has 1 aromatic carbocycles. The van der Waals surface area contributed by atoms with Gasteiger partial charge in [-0.15, -0.1) is 0 Å². The number of carbonyl (C=O) groups is 2. The van der Waals surface area contributed by atoms with Crippen molar-refractivity contribution >= 4 is 52.5 Å². The van der Waals surface area contributed by atoms with E-state index in [1.807, 2.05) is 0 Å². The smallest absolute Gasteiger partial charge is 0.319 e. The Morgan fingerprint density at radius 2 is 1.89 bits per heavy atom. The van der Waals surface area contributed by atoms with Crippen LogP contribution in [0.15, 0.2) is 36.0 Å². The zero-order valence-electron chi connectivity index (χ0n) is 14.2. The number of nitrogens with zero attached hydrogens (tertiary/aromatic N) is 3. The van der Waals surface area contributed by atoms with Gasteiger partial charge in [0.1, 0.15) is 5.57 Å². The first-order valence-electron chi connectivity index (χ1n) is 7.56. The Morgan fingerprint density at radius 3 is 2.52 bits per heavy atom. The lowest BCUT2D eigenvalue weighted by atomic mass is 10.1. The molecule has 1 saturated heterocycles. The van der Waals surface area contributed by atoms with Crippen molar-refractivity contribution in [3.8, 4) is 11.9 Å². The highest BCUT2D eigenvalue weighted by Gasteiger charge is 2.34. The number of rotatable bonds is 4. The molecule has 8 nitrogen and oxygen atoms in total. The lowest BCUT2D eigenvalue weighted by Crippen LogP contribution is -2.54. The van der Waals surface area contributed by atoms with E-state index in [0.29, 0.717) is 16.3 Å². The van der Waals surface area contributed by atoms with Gasteiger partial charge in [0.25, 0.3) is 11.8 Å². The maximum Gasteiger partial charge on any atom is 0.319 e. The van der Waals surface area contributed by atoms with Crippen LogP contribution in [0.4, 0.5) is 5.69 Å². The standard InChI is InChI=1S/C17H13ClN4O4S/c1-25-14-9(8-19-16(21-14)26-2)7-12-13(23)20-17(27)22(15(12)24)11-5-3-10(18)4-6-11/h3-8H,1-2H3,(H,20,23,27)/b12-7-. The van der Waals surface area contributed by atoms with E-state index in [9.17, 15) is 9.59 Å². The molecule has 0 saturated carbocycles. The Kier molecular flexibility index (Phi) is 5.33. The van der Waals surface area contributed by atoms with Crippen LogP contribution in [0.1, 0.15) is 5.56 Å². The summed E-state index contributed by atoms with van der Waals surface area (Å²) >= 11 is 11.0. The molecule has 0 bridgehead atoms. The Balaban J connectivity index is 2.03. The van der Waals surface area contributed by atoms with Crippen LogP contribution in [-0.2, 0) is 9.59 Å². The molecule has 1 fully saturated rings. The fourth-order valence-corrected chi connectivity index (χ4v) is 2.77. The monoisotopic (exact) mass is 404 g/mol. The van der Waals surface area contributed by atoms with Crippen LogP contribution < -0.4 is 19.7 Å². The van der Waals surface area contributed by atoms with Crippen LogP contribution in [0.25, 0.3) is 6.08 Å². The summed E-state index contributed by atoms with van der Waals surface area (Å²) in [5.41, 5.74) is 0.657. The van der Waals surface area contributed by atoms with Gasteiger partial charge in [-0.1, -0.05) is 11.6 Å². The highest BCUT2D eigenvalue weighted by atomic mass is 35.5. The molecule has 2 heterocycles. The van der Waals surface area contributed by atoms with Crippen LogP contribution in [0.3, 0.4) is 0 Å². The van der Waals surface area contributed by atoms with Crippen molar-refractivity contribution in [2.24, 2.45) is 0 Å². The van der Waals surface area contributed by atoms with Crippen LogP contribution >= 0.6 is 23.8 Å². The number of ether oxygens (including phenoxy) is 2. The van der Waals surface area contributed by atoms with E-state index in [2.05, 4.69) is 15.3 Å². The van der Waals surface area contributed by atoms with E-state index in [-0.39, 0.29) is 22.6 Å². The zero-order valence-corrected chi connectivity index (χ0v) is 15.8. The molecule has 1 aromatic heterocycles. The molecule has 1 aliphatic rings. The van der Waals surface area contributed by atoms with Gasteiger partial charge in [0.2, 0.25) is 5.88 Å². The van der Waals surface area contributed by atoms with Crippen LogP contribution in [0.5, 0.6) is 11.9 Å². The lowest BCUT2D eigenvalue weighted by Gasteiger charge is -2.28. The van der Waals surface area contributed by atoms with Gasteiger partial charge in [-0.3, -0.25) is 19.8 Å². The molecule has 3 rings (SSSR count). The number of amides is 2. The average Bonchev–Trinajstić information content (AvgIpc) is 2.66. The normalized spacial score (nSPS) is 15.7. The van der Waals surface area contributed by atoms with Gasteiger partial charge in [-0.05, 0) is 42.6 Å². The molecule has 2 aromatic rings. The predicted molar refractivity (Wildman–Crippen MR) is 103 cm³/mol. The number of carbonyl (C=O) groups excluding carboxylic acids is 2. The van der Waals surface area contributed by atoms with Gasteiger partial charge in [0, 0.05) is 11.2 Å². The zero-order chi connectivity index (χ0) is 19.6. The molecule has 0 radical (unpaired) electrons. The fraction of sp³-hybridized carbons (Fsp3) is 0.118. The fourth-order valence-electron chi connectivity index (χ4n) is 2.36. The van der Waals surface area contributed by atoms with E-state index in [0.717, 1.165) is 0 Å². The van der Waals surface area contributed by atoms with Crippen molar-refractivity contribution < 1.29 is 19.1 Å². The molecule has 27 heavy (non-hydrogen) atoms. The second-order valence-electron chi connectivity index (χ2n) is 5.26. The first-order chi connectivity index (χ1) is 12.9. The predicted octanol–water partition coefficient (Wildman–Crippen LogP) is 1.98. The largest absolute Gasteiger partial charge is 0.480 e. The SMILES string of the molecule is COc1ncc(/C=C2/C(=O)NC(=S)N(c3ccc(Cl)cc3)C2=O)c(OC)n1. The van der Waals surface area contributed by atoms with E-state index in [1.165, 1.54) is 31.4 Å². The number of hydrogen-bond acceptors (Lipinski definition) is 7. The first kappa shape index (κ1) is 18.7. The maximum atomic E-state index is 12.9. The second kappa shape index (κ2) is 7.68. The summed E-state index contributed by atoms with van der Waals surface area (Å²) in [4.78, 5) is 34.5. The molecule has 10 heteroatoms. The summed E-state index contributed by atoms with van der Waals surface area (Å²) in [6, 6.07) is 6.58. The third-order valence-corrected chi connectivity index (χ3v) is 4.16. The van der Waals surface area contributed by atoms with Gasteiger partial charge >= 0.3 is 6.01 Å². The summed E-state index contributed by atoms with van der Waals surface area (Å²) in [7, 11) is 2.82. The number of aromatic nitrogens is 2. The number of benzene rings is 1. The van der Waals surface area contributed by atoms with Gasteiger partial charge in [0.15, 0.2) is 5.11 Å². The molecule has 0 spiro atoms. The number of anilines is 1. The summed E-state index contributed by atoms with van der Waals surface area (Å²) < 4.78 is 10.1. The van der Waals surface area contributed by atoms with E-state index < -0.39 is 11.8 Å². The van der Waals surface area contributed by atoms with E-state index >= 15 is 0 Å². The van der Waals surface area contributed by atoms with Gasteiger partial charge < -0.3 is 9.47 Å². The Labute approximate surface area is 164 Å². The summed E-state index contributed by atoms with van der Waals surface area (Å²) in [6.45, 7) is 0. The van der Waals surface area contributed by atoms with Crippen LogP contribution in [0.2, 0.25) is 5.02 Å². The number of nitrogens with one attached hydrogen (secondary N) is 1. The first-order valence-corrected chi connectivity index (χ1v) is 8.35. The van der Waals surface area contributed by atoms with Crippen molar-refractivity contribution in [2.45, 2.75) is 0 Å². The average molecular weight is 405 g/mol. The third-order valence-electron chi connectivity index (χ3n) is 3.62. The lowest BCUT2D eigenvalue weighted by molar-refractivity contribution is -0.122. The molecule has 0 atom stereocenters. The molecule has 1 aliphatic heterocycles. The Bertz CT molecular complexity index is 962. The minimum absolute atomic E-state index is 0.0255. The van der Waals surface area contributed by atoms with Crippen molar-refractivity contribution in [3.05, 3.63) is 46.6 Å². The molecule has 0 unspecified atom stereocenters. The molecule has 138 valence electrons. The number of thiocarbonyl (C=S) groups is 1. The van der Waals surface area contributed by atoms with Crippen molar-refractivity contribution in [3.63, 3.8) is 0 Å². The Hall–Kier alpha value is -3.04.